The fourth-order valence-electron chi connectivity index (χ4n) is 1.96. The lowest BCUT2D eigenvalue weighted by molar-refractivity contribution is 0.176. The van der Waals surface area contributed by atoms with Crippen LogP contribution in [0.15, 0.2) is 48.7 Å². The summed E-state index contributed by atoms with van der Waals surface area (Å²) in [7, 11) is 4.00. The van der Waals surface area contributed by atoms with Gasteiger partial charge in [0, 0.05) is 38.1 Å². The summed E-state index contributed by atoms with van der Waals surface area (Å²) >= 11 is 0. The third kappa shape index (κ3) is 3.48. The molecule has 0 aliphatic rings. The lowest BCUT2D eigenvalue weighted by Crippen LogP contribution is -2.29. The van der Waals surface area contributed by atoms with Gasteiger partial charge >= 0.3 is 0 Å². The zero-order chi connectivity index (χ0) is 14.5. The quantitative estimate of drug-likeness (QED) is 0.908. The van der Waals surface area contributed by atoms with Crippen molar-refractivity contribution in [2.24, 2.45) is 5.73 Å². The van der Waals surface area contributed by atoms with E-state index in [0.717, 1.165) is 17.1 Å². The highest BCUT2D eigenvalue weighted by Crippen LogP contribution is 2.26. The van der Waals surface area contributed by atoms with Crippen LogP contribution in [-0.2, 0) is 0 Å². The summed E-state index contributed by atoms with van der Waals surface area (Å²) in [5.74, 6) is 0.796. The van der Waals surface area contributed by atoms with Crippen molar-refractivity contribution in [3.63, 3.8) is 0 Å². The molecular weight excluding hydrogens is 250 g/mol. The zero-order valence-electron chi connectivity index (χ0n) is 12.2. The second-order valence-corrected chi connectivity index (χ2v) is 5.04. The lowest BCUT2D eigenvalue weighted by atomic mass is 10.1. The number of hydrogen-bond acceptors (Lipinski definition) is 4. The Kier molecular flexibility index (Phi) is 4.58. The van der Waals surface area contributed by atoms with Gasteiger partial charge in [0.15, 0.2) is 6.10 Å². The Morgan fingerprint density at radius 1 is 1.15 bits per heavy atom. The van der Waals surface area contributed by atoms with Crippen molar-refractivity contribution >= 4 is 5.69 Å². The summed E-state index contributed by atoms with van der Waals surface area (Å²) in [5, 5.41) is 0. The molecule has 0 radical (unpaired) electrons. The molecular formula is C16H21N3O. The maximum Gasteiger partial charge on any atom is 0.155 e. The van der Waals surface area contributed by atoms with Crippen LogP contribution in [0.3, 0.4) is 0 Å². The molecule has 0 saturated carbocycles. The largest absolute Gasteiger partial charge is 0.482 e. The van der Waals surface area contributed by atoms with Gasteiger partial charge in [-0.2, -0.15) is 0 Å². The van der Waals surface area contributed by atoms with Crippen LogP contribution in [0.1, 0.15) is 18.7 Å². The first-order valence-electron chi connectivity index (χ1n) is 6.68. The highest BCUT2D eigenvalue weighted by molar-refractivity contribution is 5.49. The minimum absolute atomic E-state index is 0.145. The van der Waals surface area contributed by atoms with Crippen molar-refractivity contribution in [1.82, 2.24) is 4.98 Å². The summed E-state index contributed by atoms with van der Waals surface area (Å²) in [4.78, 5) is 6.37. The van der Waals surface area contributed by atoms with Gasteiger partial charge in [0.1, 0.15) is 5.75 Å². The van der Waals surface area contributed by atoms with E-state index in [9.17, 15) is 0 Å². The first-order valence-corrected chi connectivity index (χ1v) is 6.68. The normalized spacial score (nSPS) is 13.6. The van der Waals surface area contributed by atoms with Crippen LogP contribution in [0, 0.1) is 0 Å². The van der Waals surface area contributed by atoms with Crippen LogP contribution in [-0.4, -0.2) is 25.1 Å². The summed E-state index contributed by atoms with van der Waals surface area (Å²) in [6.07, 6.45) is 1.50. The molecule has 2 atom stereocenters. The van der Waals surface area contributed by atoms with Crippen molar-refractivity contribution in [2.45, 2.75) is 19.1 Å². The van der Waals surface area contributed by atoms with E-state index in [1.807, 2.05) is 68.4 Å². The Bertz CT molecular complexity index is 540. The van der Waals surface area contributed by atoms with E-state index in [1.165, 1.54) is 0 Å². The van der Waals surface area contributed by atoms with Gasteiger partial charge in [-0.05, 0) is 31.2 Å². The fourth-order valence-corrected chi connectivity index (χ4v) is 1.96. The van der Waals surface area contributed by atoms with Gasteiger partial charge < -0.3 is 15.4 Å². The van der Waals surface area contributed by atoms with Gasteiger partial charge in [-0.3, -0.25) is 4.98 Å². The highest BCUT2D eigenvalue weighted by Gasteiger charge is 2.19. The second kappa shape index (κ2) is 6.39. The van der Waals surface area contributed by atoms with Crippen molar-refractivity contribution in [3.8, 4) is 5.75 Å². The maximum absolute atomic E-state index is 6.04. The molecule has 0 bridgehead atoms. The van der Waals surface area contributed by atoms with Gasteiger partial charge in [-0.1, -0.05) is 12.1 Å². The van der Waals surface area contributed by atoms with E-state index < -0.39 is 0 Å². The third-order valence-corrected chi connectivity index (χ3v) is 3.05. The molecule has 0 amide bonds. The number of hydrogen-bond donors (Lipinski definition) is 1. The minimum atomic E-state index is -0.256. The molecule has 1 aromatic carbocycles. The van der Waals surface area contributed by atoms with Gasteiger partial charge in [-0.25, -0.2) is 0 Å². The average Bonchev–Trinajstić information content (AvgIpc) is 2.45. The number of nitrogens with zero attached hydrogens (tertiary/aromatic N) is 2. The molecule has 4 heteroatoms. The predicted octanol–water partition coefficient (Wildman–Crippen LogP) is 2.61. The van der Waals surface area contributed by atoms with E-state index in [1.54, 1.807) is 6.20 Å². The van der Waals surface area contributed by atoms with Gasteiger partial charge in [0.25, 0.3) is 0 Å². The number of benzene rings is 1. The molecule has 0 aliphatic heterocycles. The third-order valence-electron chi connectivity index (χ3n) is 3.05. The smallest absolute Gasteiger partial charge is 0.155 e. The van der Waals surface area contributed by atoms with Gasteiger partial charge in [0.05, 0.1) is 5.69 Å². The summed E-state index contributed by atoms with van der Waals surface area (Å²) in [6, 6.07) is 13.6. The van der Waals surface area contributed by atoms with Crippen LogP contribution >= 0.6 is 0 Å². The molecule has 2 N–H and O–H groups in total. The average molecular weight is 271 g/mol. The number of rotatable bonds is 5. The first kappa shape index (κ1) is 14.3. The molecule has 0 aliphatic carbocycles. The molecule has 0 saturated heterocycles. The molecule has 1 heterocycles. The topological polar surface area (TPSA) is 51.4 Å². The molecule has 4 nitrogen and oxygen atoms in total. The van der Waals surface area contributed by atoms with Crippen molar-refractivity contribution in [3.05, 3.63) is 54.4 Å². The van der Waals surface area contributed by atoms with Crippen LogP contribution in [0.2, 0.25) is 0 Å². The standard InChI is InChI=1S/C16H21N3O/c1-12(17)16(15-9-4-5-10-18-15)20-14-8-6-7-13(11-14)19(2)3/h4-12,16H,17H2,1-3H3. The molecule has 2 unspecified atom stereocenters. The van der Waals surface area contributed by atoms with Crippen molar-refractivity contribution < 1.29 is 4.74 Å². The summed E-state index contributed by atoms with van der Waals surface area (Å²) < 4.78 is 6.04. The Labute approximate surface area is 120 Å². The van der Waals surface area contributed by atoms with E-state index in [4.69, 9.17) is 10.5 Å². The van der Waals surface area contributed by atoms with Crippen molar-refractivity contribution in [1.29, 1.82) is 0 Å². The number of ether oxygens (including phenoxy) is 1. The van der Waals surface area contributed by atoms with E-state index in [0.29, 0.717) is 0 Å². The first-order chi connectivity index (χ1) is 9.58. The van der Waals surface area contributed by atoms with E-state index >= 15 is 0 Å². The van der Waals surface area contributed by atoms with E-state index in [2.05, 4.69) is 4.98 Å². The highest BCUT2D eigenvalue weighted by atomic mass is 16.5. The van der Waals surface area contributed by atoms with E-state index in [-0.39, 0.29) is 12.1 Å². The molecule has 0 fully saturated rings. The fraction of sp³-hybridized carbons (Fsp3) is 0.312. The Balaban J connectivity index is 2.23. The Morgan fingerprint density at radius 2 is 1.95 bits per heavy atom. The Morgan fingerprint density at radius 3 is 2.55 bits per heavy atom. The monoisotopic (exact) mass is 271 g/mol. The Hall–Kier alpha value is -2.07. The van der Waals surface area contributed by atoms with Crippen LogP contribution in [0.5, 0.6) is 5.75 Å². The molecule has 106 valence electrons. The number of anilines is 1. The lowest BCUT2D eigenvalue weighted by Gasteiger charge is -2.23. The van der Waals surface area contributed by atoms with Crippen LogP contribution < -0.4 is 15.4 Å². The second-order valence-electron chi connectivity index (χ2n) is 5.04. The molecule has 2 rings (SSSR count). The maximum atomic E-state index is 6.04. The van der Waals surface area contributed by atoms with Crippen LogP contribution in [0.25, 0.3) is 0 Å². The summed E-state index contributed by atoms with van der Waals surface area (Å²) in [6.45, 7) is 1.93. The van der Waals surface area contributed by atoms with Crippen molar-refractivity contribution in [2.75, 3.05) is 19.0 Å². The molecule has 1 aromatic heterocycles. The SMILES string of the molecule is CC(N)C(Oc1cccc(N(C)C)c1)c1ccccn1. The van der Waals surface area contributed by atoms with Crippen LogP contribution in [0.4, 0.5) is 5.69 Å². The molecule has 0 spiro atoms. The number of nitrogens with two attached hydrogens (primary N) is 1. The molecule has 2 aromatic rings. The summed E-state index contributed by atoms with van der Waals surface area (Å²) in [5.41, 5.74) is 7.97. The number of pyridine rings is 1. The minimum Gasteiger partial charge on any atom is -0.482 e. The molecule has 20 heavy (non-hydrogen) atoms. The van der Waals surface area contributed by atoms with Gasteiger partial charge in [0.2, 0.25) is 0 Å². The zero-order valence-corrected chi connectivity index (χ0v) is 12.2. The number of aromatic nitrogens is 1. The predicted molar refractivity (Wildman–Crippen MR) is 82.0 cm³/mol. The van der Waals surface area contributed by atoms with Gasteiger partial charge in [-0.15, -0.1) is 0 Å².